The van der Waals surface area contributed by atoms with Crippen LogP contribution in [0.2, 0.25) is 0 Å². The van der Waals surface area contributed by atoms with E-state index >= 15 is 0 Å². The molecule has 20 heavy (non-hydrogen) atoms. The van der Waals surface area contributed by atoms with Crippen LogP contribution in [-0.2, 0) is 0 Å². The lowest BCUT2D eigenvalue weighted by atomic mass is 9.81. The number of nitrogens with zero attached hydrogens (tertiary/aromatic N) is 2. The summed E-state index contributed by atoms with van der Waals surface area (Å²) in [5, 5.41) is 3.31. The molecule has 0 spiro atoms. The highest BCUT2D eigenvalue weighted by Gasteiger charge is 2.17. The minimum absolute atomic E-state index is 0.141. The van der Waals surface area contributed by atoms with Gasteiger partial charge in [0.05, 0.1) is 6.10 Å². The fraction of sp³-hybridized carbons (Fsp3) is 0.750. The van der Waals surface area contributed by atoms with Crippen molar-refractivity contribution >= 4 is 5.95 Å². The van der Waals surface area contributed by atoms with Gasteiger partial charge in [0.1, 0.15) is 0 Å². The molecule has 1 aromatic rings. The molecule has 0 bridgehead atoms. The van der Waals surface area contributed by atoms with Gasteiger partial charge in [-0.25, -0.2) is 4.98 Å². The molecule has 0 radical (unpaired) electrons. The van der Waals surface area contributed by atoms with Gasteiger partial charge in [-0.15, -0.1) is 0 Å². The van der Waals surface area contributed by atoms with Crippen molar-refractivity contribution in [1.29, 1.82) is 0 Å². The Balaban J connectivity index is 1.73. The summed E-state index contributed by atoms with van der Waals surface area (Å²) < 4.78 is 5.57. The Bertz CT molecular complexity index is 400. The monoisotopic (exact) mass is 277 g/mol. The third-order valence-corrected chi connectivity index (χ3v) is 3.96. The van der Waals surface area contributed by atoms with Gasteiger partial charge < -0.3 is 10.1 Å². The van der Waals surface area contributed by atoms with Crippen LogP contribution in [0.15, 0.2) is 12.3 Å². The smallest absolute Gasteiger partial charge is 0.225 e. The molecule has 1 aliphatic rings. The lowest BCUT2D eigenvalue weighted by Gasteiger charge is -2.26. The van der Waals surface area contributed by atoms with E-state index in [-0.39, 0.29) is 6.10 Å². The number of nitrogens with one attached hydrogen (secondary N) is 1. The SMILES string of the molecule is CC1CCC(CCNc2nccc(OC(C)C)n2)CC1. The molecule has 1 saturated carbocycles. The molecular formula is C16H27N3O. The molecule has 0 aromatic carbocycles. The van der Waals surface area contributed by atoms with E-state index in [0.717, 1.165) is 18.4 Å². The van der Waals surface area contributed by atoms with Gasteiger partial charge in [0.2, 0.25) is 11.8 Å². The van der Waals surface area contributed by atoms with Crippen molar-refractivity contribution in [2.24, 2.45) is 11.8 Å². The maximum Gasteiger partial charge on any atom is 0.225 e. The van der Waals surface area contributed by atoms with Crippen LogP contribution < -0.4 is 10.1 Å². The third kappa shape index (κ3) is 4.99. The molecule has 1 aliphatic carbocycles. The molecule has 1 heterocycles. The second-order valence-electron chi connectivity index (χ2n) is 6.23. The third-order valence-electron chi connectivity index (χ3n) is 3.96. The first-order valence-corrected chi connectivity index (χ1v) is 7.87. The van der Waals surface area contributed by atoms with E-state index < -0.39 is 0 Å². The molecule has 112 valence electrons. The van der Waals surface area contributed by atoms with Crippen molar-refractivity contribution < 1.29 is 4.74 Å². The standard InChI is InChI=1S/C16H27N3O/c1-12(2)20-15-9-11-18-16(19-15)17-10-8-14-6-4-13(3)5-7-14/h9,11-14H,4-8,10H2,1-3H3,(H,17,18,19). The average molecular weight is 277 g/mol. The zero-order valence-corrected chi connectivity index (χ0v) is 12.9. The Kier molecular flexibility index (Phi) is 5.62. The summed E-state index contributed by atoms with van der Waals surface area (Å²) in [6, 6.07) is 1.80. The fourth-order valence-corrected chi connectivity index (χ4v) is 2.74. The van der Waals surface area contributed by atoms with E-state index in [1.54, 1.807) is 12.3 Å². The molecule has 1 N–H and O–H groups in total. The zero-order valence-electron chi connectivity index (χ0n) is 12.9. The Labute approximate surface area is 122 Å². The van der Waals surface area contributed by atoms with Crippen LogP contribution >= 0.6 is 0 Å². The highest BCUT2D eigenvalue weighted by atomic mass is 16.5. The topological polar surface area (TPSA) is 47.0 Å². The van der Waals surface area contributed by atoms with Crippen molar-refractivity contribution in [3.8, 4) is 5.88 Å². The largest absolute Gasteiger partial charge is 0.475 e. The van der Waals surface area contributed by atoms with Gasteiger partial charge in [-0.05, 0) is 32.1 Å². The summed E-state index contributed by atoms with van der Waals surface area (Å²) >= 11 is 0. The highest BCUT2D eigenvalue weighted by Crippen LogP contribution is 2.30. The number of anilines is 1. The van der Waals surface area contributed by atoms with E-state index in [4.69, 9.17) is 4.74 Å². The summed E-state index contributed by atoms with van der Waals surface area (Å²) in [7, 11) is 0. The zero-order chi connectivity index (χ0) is 14.4. The molecular weight excluding hydrogens is 250 g/mol. The average Bonchev–Trinajstić information content (AvgIpc) is 2.41. The lowest BCUT2D eigenvalue weighted by molar-refractivity contribution is 0.232. The van der Waals surface area contributed by atoms with Gasteiger partial charge in [-0.3, -0.25) is 0 Å². The molecule has 4 heteroatoms. The van der Waals surface area contributed by atoms with Gasteiger partial charge in [0.15, 0.2) is 0 Å². The van der Waals surface area contributed by atoms with Crippen molar-refractivity contribution in [2.75, 3.05) is 11.9 Å². The van der Waals surface area contributed by atoms with Gasteiger partial charge in [-0.2, -0.15) is 4.98 Å². The molecule has 4 nitrogen and oxygen atoms in total. The molecule has 0 unspecified atom stereocenters. The molecule has 0 amide bonds. The van der Waals surface area contributed by atoms with Gasteiger partial charge >= 0.3 is 0 Å². The number of hydrogen-bond acceptors (Lipinski definition) is 4. The quantitative estimate of drug-likeness (QED) is 0.857. The van der Waals surface area contributed by atoms with Crippen LogP contribution in [0.3, 0.4) is 0 Å². The lowest BCUT2D eigenvalue weighted by Crippen LogP contribution is -2.16. The summed E-state index contributed by atoms with van der Waals surface area (Å²) in [5.41, 5.74) is 0. The van der Waals surface area contributed by atoms with Crippen molar-refractivity contribution in [3.63, 3.8) is 0 Å². The maximum absolute atomic E-state index is 5.57. The van der Waals surface area contributed by atoms with Gasteiger partial charge in [-0.1, -0.05) is 32.6 Å². The predicted octanol–water partition coefficient (Wildman–Crippen LogP) is 3.89. The van der Waals surface area contributed by atoms with E-state index in [1.165, 1.54) is 32.1 Å². The molecule has 0 atom stereocenters. The van der Waals surface area contributed by atoms with Crippen LogP contribution in [0.25, 0.3) is 0 Å². The first kappa shape index (κ1) is 15.1. The summed E-state index contributed by atoms with van der Waals surface area (Å²) in [6.07, 6.45) is 8.63. The van der Waals surface area contributed by atoms with Crippen LogP contribution in [-0.4, -0.2) is 22.6 Å². The Morgan fingerprint density at radius 3 is 2.75 bits per heavy atom. The van der Waals surface area contributed by atoms with Crippen molar-refractivity contribution in [3.05, 3.63) is 12.3 Å². The second kappa shape index (κ2) is 7.46. The second-order valence-corrected chi connectivity index (χ2v) is 6.23. The predicted molar refractivity (Wildman–Crippen MR) is 82.0 cm³/mol. The molecule has 0 saturated heterocycles. The molecule has 1 aromatic heterocycles. The Morgan fingerprint density at radius 2 is 2.05 bits per heavy atom. The van der Waals surface area contributed by atoms with Crippen LogP contribution in [0.4, 0.5) is 5.95 Å². The van der Waals surface area contributed by atoms with Crippen LogP contribution in [0, 0.1) is 11.8 Å². The minimum atomic E-state index is 0.141. The summed E-state index contributed by atoms with van der Waals surface area (Å²) in [4.78, 5) is 8.60. The van der Waals surface area contributed by atoms with Gasteiger partial charge in [0, 0.05) is 18.8 Å². The number of aromatic nitrogens is 2. The van der Waals surface area contributed by atoms with E-state index in [1.807, 2.05) is 13.8 Å². The molecule has 1 fully saturated rings. The minimum Gasteiger partial charge on any atom is -0.475 e. The number of rotatable bonds is 6. The maximum atomic E-state index is 5.57. The summed E-state index contributed by atoms with van der Waals surface area (Å²) in [5.74, 6) is 3.11. The fourth-order valence-electron chi connectivity index (χ4n) is 2.74. The molecule has 0 aliphatic heterocycles. The normalized spacial score (nSPS) is 22.8. The first-order valence-electron chi connectivity index (χ1n) is 7.87. The highest BCUT2D eigenvalue weighted by molar-refractivity contribution is 5.27. The van der Waals surface area contributed by atoms with Crippen LogP contribution in [0.1, 0.15) is 52.9 Å². The first-order chi connectivity index (χ1) is 9.63. The van der Waals surface area contributed by atoms with Gasteiger partial charge in [0.25, 0.3) is 0 Å². The van der Waals surface area contributed by atoms with Crippen molar-refractivity contribution in [2.45, 2.75) is 59.0 Å². The Morgan fingerprint density at radius 1 is 1.30 bits per heavy atom. The number of hydrogen-bond donors (Lipinski definition) is 1. The van der Waals surface area contributed by atoms with E-state index in [2.05, 4.69) is 22.2 Å². The number of ether oxygens (including phenoxy) is 1. The Hall–Kier alpha value is -1.32. The molecule has 2 rings (SSSR count). The van der Waals surface area contributed by atoms with E-state index in [9.17, 15) is 0 Å². The van der Waals surface area contributed by atoms with Crippen molar-refractivity contribution in [1.82, 2.24) is 9.97 Å². The summed E-state index contributed by atoms with van der Waals surface area (Å²) in [6.45, 7) is 7.31. The van der Waals surface area contributed by atoms with Crippen LogP contribution in [0.5, 0.6) is 5.88 Å². The van der Waals surface area contributed by atoms with E-state index in [0.29, 0.717) is 11.8 Å².